The number of benzene rings is 2. The van der Waals surface area contributed by atoms with E-state index in [1.54, 1.807) is 24.3 Å². The number of rotatable bonds is 9. The van der Waals surface area contributed by atoms with Crippen LogP contribution >= 0.6 is 11.3 Å². The third kappa shape index (κ3) is 5.76. The Morgan fingerprint density at radius 3 is 2.41 bits per heavy atom. The molecule has 4 rings (SSSR count). The van der Waals surface area contributed by atoms with Crippen molar-refractivity contribution in [3.05, 3.63) is 76.2 Å². The van der Waals surface area contributed by atoms with Crippen molar-refractivity contribution in [2.45, 2.75) is 26.4 Å². The van der Waals surface area contributed by atoms with E-state index in [1.807, 2.05) is 25.1 Å². The van der Waals surface area contributed by atoms with Crippen LogP contribution in [0.3, 0.4) is 0 Å². The summed E-state index contributed by atoms with van der Waals surface area (Å²) in [6.07, 6.45) is 0.724. The molecule has 34 heavy (non-hydrogen) atoms. The van der Waals surface area contributed by atoms with Crippen LogP contribution in [-0.4, -0.2) is 43.6 Å². The second-order valence-electron chi connectivity index (χ2n) is 7.89. The first-order valence-corrected chi connectivity index (χ1v) is 12.0. The highest BCUT2D eigenvalue weighted by Gasteiger charge is 2.29. The Kier molecular flexibility index (Phi) is 7.82. The molecule has 0 saturated heterocycles. The first-order valence-electron chi connectivity index (χ1n) is 11.2. The normalized spacial score (nSPS) is 13.1. The van der Waals surface area contributed by atoms with Gasteiger partial charge in [0.25, 0.3) is 5.91 Å². The van der Waals surface area contributed by atoms with E-state index in [0.29, 0.717) is 22.9 Å². The number of amides is 1. The van der Waals surface area contributed by atoms with Crippen LogP contribution in [0, 0.1) is 0 Å². The molecule has 0 atom stereocenters. The molecule has 1 aromatic heterocycles. The lowest BCUT2D eigenvalue weighted by atomic mass is 10.0. The monoisotopic (exact) mass is 480 g/mol. The molecule has 0 spiro atoms. The maximum Gasteiger partial charge on any atom is 0.341 e. The lowest BCUT2D eigenvalue weighted by Gasteiger charge is -2.27. The van der Waals surface area contributed by atoms with Crippen molar-refractivity contribution in [2.24, 2.45) is 0 Å². The van der Waals surface area contributed by atoms with Gasteiger partial charge in [-0.1, -0.05) is 30.3 Å². The van der Waals surface area contributed by atoms with Gasteiger partial charge in [0.15, 0.2) is 6.61 Å². The number of ether oxygens (including phenoxy) is 3. The maximum absolute atomic E-state index is 12.6. The van der Waals surface area contributed by atoms with Crippen LogP contribution in [0.25, 0.3) is 0 Å². The van der Waals surface area contributed by atoms with E-state index >= 15 is 0 Å². The predicted molar refractivity (Wildman–Crippen MR) is 132 cm³/mol. The molecule has 0 unspecified atom stereocenters. The van der Waals surface area contributed by atoms with Crippen LogP contribution < -0.4 is 14.8 Å². The summed E-state index contributed by atoms with van der Waals surface area (Å²) in [6, 6.07) is 17.4. The molecular formula is C26H28N2O5S. The third-order valence-electron chi connectivity index (χ3n) is 5.53. The van der Waals surface area contributed by atoms with Crippen LogP contribution in [0.4, 0.5) is 5.00 Å². The first kappa shape index (κ1) is 23.8. The molecule has 3 aromatic rings. The minimum absolute atomic E-state index is 0.169. The zero-order valence-corrected chi connectivity index (χ0v) is 20.2. The molecule has 1 aliphatic heterocycles. The molecule has 7 nitrogen and oxygen atoms in total. The van der Waals surface area contributed by atoms with E-state index in [-0.39, 0.29) is 12.5 Å². The molecule has 2 heterocycles. The fourth-order valence-corrected chi connectivity index (χ4v) is 5.24. The number of carbonyl (C=O) groups excluding carboxylic acids is 2. The van der Waals surface area contributed by atoms with Crippen molar-refractivity contribution in [1.29, 1.82) is 0 Å². The fraction of sp³-hybridized carbons (Fsp3) is 0.308. The number of carbonyl (C=O) groups is 2. The Labute approximate surface area is 203 Å². The third-order valence-corrected chi connectivity index (χ3v) is 6.66. The number of nitrogens with one attached hydrogen (secondary N) is 1. The summed E-state index contributed by atoms with van der Waals surface area (Å²) >= 11 is 1.43. The summed E-state index contributed by atoms with van der Waals surface area (Å²) in [4.78, 5) is 28.6. The van der Waals surface area contributed by atoms with Gasteiger partial charge in [-0.05, 0) is 48.7 Å². The highest BCUT2D eigenvalue weighted by molar-refractivity contribution is 7.17. The van der Waals surface area contributed by atoms with E-state index in [4.69, 9.17) is 14.2 Å². The van der Waals surface area contributed by atoms with Gasteiger partial charge in [-0.25, -0.2) is 4.79 Å². The van der Waals surface area contributed by atoms with Crippen molar-refractivity contribution >= 4 is 28.2 Å². The number of esters is 1. The summed E-state index contributed by atoms with van der Waals surface area (Å²) in [5.74, 6) is 0.539. The minimum Gasteiger partial charge on any atom is -0.494 e. The van der Waals surface area contributed by atoms with E-state index < -0.39 is 5.97 Å². The summed E-state index contributed by atoms with van der Waals surface area (Å²) in [5, 5.41) is 3.37. The number of hydrogen-bond donors (Lipinski definition) is 1. The Hall–Kier alpha value is -3.36. The molecule has 0 saturated carbocycles. The van der Waals surface area contributed by atoms with Gasteiger partial charge < -0.3 is 19.5 Å². The second-order valence-corrected chi connectivity index (χ2v) is 8.99. The van der Waals surface area contributed by atoms with Gasteiger partial charge in [-0.2, -0.15) is 0 Å². The van der Waals surface area contributed by atoms with Crippen molar-refractivity contribution in [3.63, 3.8) is 0 Å². The number of methoxy groups -OCH3 is 1. The van der Waals surface area contributed by atoms with Crippen LogP contribution in [0.5, 0.6) is 11.5 Å². The number of hydrogen-bond acceptors (Lipinski definition) is 7. The molecule has 0 bridgehead atoms. The van der Waals surface area contributed by atoms with Crippen molar-refractivity contribution < 1.29 is 23.8 Å². The number of fused-ring (bicyclic) bond motifs is 1. The molecule has 1 N–H and O–H groups in total. The van der Waals surface area contributed by atoms with Crippen molar-refractivity contribution in [1.82, 2.24) is 4.90 Å². The van der Waals surface area contributed by atoms with Gasteiger partial charge in [0.05, 0.1) is 19.3 Å². The Morgan fingerprint density at radius 2 is 1.74 bits per heavy atom. The van der Waals surface area contributed by atoms with Crippen LogP contribution in [0.15, 0.2) is 54.6 Å². The van der Waals surface area contributed by atoms with Gasteiger partial charge in [-0.3, -0.25) is 9.69 Å². The summed E-state index contributed by atoms with van der Waals surface area (Å²) < 4.78 is 16.0. The molecule has 178 valence electrons. The van der Waals surface area contributed by atoms with Gasteiger partial charge in [0.1, 0.15) is 16.5 Å². The first-order chi connectivity index (χ1) is 16.6. The van der Waals surface area contributed by atoms with Crippen LogP contribution in [0.1, 0.15) is 33.3 Å². The number of nitrogens with zero attached hydrogens (tertiary/aromatic N) is 1. The van der Waals surface area contributed by atoms with Crippen LogP contribution in [-0.2, 0) is 29.0 Å². The molecule has 0 fully saturated rings. The van der Waals surface area contributed by atoms with E-state index in [0.717, 1.165) is 42.2 Å². The highest BCUT2D eigenvalue weighted by Crippen LogP contribution is 2.38. The Bertz CT molecular complexity index is 1130. The van der Waals surface area contributed by atoms with E-state index in [2.05, 4.69) is 22.3 Å². The average molecular weight is 481 g/mol. The minimum atomic E-state index is -0.434. The van der Waals surface area contributed by atoms with Crippen molar-refractivity contribution in [3.8, 4) is 11.5 Å². The largest absolute Gasteiger partial charge is 0.494 e. The van der Waals surface area contributed by atoms with Gasteiger partial charge in [0.2, 0.25) is 0 Å². The molecule has 0 aliphatic carbocycles. The number of anilines is 1. The molecular weight excluding hydrogens is 452 g/mol. The van der Waals surface area contributed by atoms with Gasteiger partial charge in [-0.15, -0.1) is 11.3 Å². The lowest BCUT2D eigenvalue weighted by molar-refractivity contribution is -0.118. The maximum atomic E-state index is 12.6. The SMILES string of the molecule is CCOc1ccc(OCC(=O)Nc2sc3c(c2C(=O)OC)CCN(Cc2ccccc2)C3)cc1. The fourth-order valence-electron chi connectivity index (χ4n) is 3.95. The zero-order valence-electron chi connectivity index (χ0n) is 19.3. The van der Waals surface area contributed by atoms with Crippen molar-refractivity contribution in [2.75, 3.05) is 32.2 Å². The summed E-state index contributed by atoms with van der Waals surface area (Å²) in [5.41, 5.74) is 2.66. The second kappa shape index (κ2) is 11.2. The average Bonchev–Trinajstić information content (AvgIpc) is 3.21. The summed E-state index contributed by atoms with van der Waals surface area (Å²) in [6.45, 7) is 4.72. The van der Waals surface area contributed by atoms with Gasteiger partial charge >= 0.3 is 5.97 Å². The standard InChI is InChI=1S/C26H28N2O5S/c1-3-32-19-9-11-20(12-10-19)33-17-23(29)27-25-24(26(30)31-2)21-13-14-28(16-22(21)34-25)15-18-7-5-4-6-8-18/h4-12H,3,13-17H2,1-2H3,(H,27,29). The Morgan fingerprint density at radius 1 is 1.03 bits per heavy atom. The van der Waals surface area contributed by atoms with Crippen LogP contribution in [0.2, 0.25) is 0 Å². The molecule has 8 heteroatoms. The Balaban J connectivity index is 1.43. The highest BCUT2D eigenvalue weighted by atomic mass is 32.1. The van der Waals surface area contributed by atoms with E-state index in [1.165, 1.54) is 24.0 Å². The zero-order chi connectivity index (χ0) is 23.9. The molecule has 1 aliphatic rings. The molecule has 0 radical (unpaired) electrons. The lowest BCUT2D eigenvalue weighted by Crippen LogP contribution is -2.29. The predicted octanol–water partition coefficient (Wildman–Crippen LogP) is 4.51. The topological polar surface area (TPSA) is 77.1 Å². The van der Waals surface area contributed by atoms with E-state index in [9.17, 15) is 9.59 Å². The quantitative estimate of drug-likeness (QED) is 0.454. The summed E-state index contributed by atoms with van der Waals surface area (Å²) in [7, 11) is 1.36. The molecule has 1 amide bonds. The number of thiophene rings is 1. The molecule has 2 aromatic carbocycles. The van der Waals surface area contributed by atoms with Gasteiger partial charge in [0, 0.05) is 24.5 Å². The smallest absolute Gasteiger partial charge is 0.341 e.